The van der Waals surface area contributed by atoms with Crippen LogP contribution >= 0.6 is 0 Å². The highest BCUT2D eigenvalue weighted by atomic mass is 19.1. The number of aromatic nitrogens is 2. The first-order chi connectivity index (χ1) is 10.6. The van der Waals surface area contributed by atoms with E-state index >= 15 is 0 Å². The van der Waals surface area contributed by atoms with Gasteiger partial charge in [-0.3, -0.25) is 9.89 Å². The number of nitrogens with two attached hydrogens (primary N) is 1. The maximum absolute atomic E-state index is 13.0. The number of nitrogens with one attached hydrogen (secondary N) is 2. The van der Waals surface area contributed by atoms with Crippen molar-refractivity contribution in [1.82, 2.24) is 15.5 Å². The summed E-state index contributed by atoms with van der Waals surface area (Å²) in [6.07, 6.45) is 5.16. The van der Waals surface area contributed by atoms with Gasteiger partial charge in [0.05, 0.1) is 17.5 Å². The smallest absolute Gasteiger partial charge is 0.255 e. The lowest BCUT2D eigenvalue weighted by Crippen LogP contribution is -2.40. The van der Waals surface area contributed by atoms with E-state index in [0.717, 1.165) is 31.2 Å². The highest BCUT2D eigenvalue weighted by Gasteiger charge is 2.22. The Balaban J connectivity index is 1.74. The van der Waals surface area contributed by atoms with Crippen molar-refractivity contribution < 1.29 is 9.18 Å². The topological polar surface area (TPSA) is 83.8 Å². The summed E-state index contributed by atoms with van der Waals surface area (Å²) >= 11 is 0. The molecule has 6 heteroatoms. The van der Waals surface area contributed by atoms with E-state index in [1.54, 1.807) is 12.1 Å². The molecule has 0 bridgehead atoms. The van der Waals surface area contributed by atoms with Crippen LogP contribution in [0.5, 0.6) is 0 Å². The highest BCUT2D eigenvalue weighted by Crippen LogP contribution is 2.22. The number of carbonyl (C=O) groups is 1. The van der Waals surface area contributed by atoms with E-state index < -0.39 is 0 Å². The fourth-order valence-corrected chi connectivity index (χ4v) is 2.82. The lowest BCUT2D eigenvalue weighted by Gasteiger charge is -2.26. The van der Waals surface area contributed by atoms with Gasteiger partial charge in [0, 0.05) is 17.6 Å². The Kier molecular flexibility index (Phi) is 4.20. The molecular formula is C16H19FN4O. The van der Waals surface area contributed by atoms with Gasteiger partial charge in [-0.2, -0.15) is 5.10 Å². The number of halogens is 1. The third-order valence-electron chi connectivity index (χ3n) is 4.12. The summed E-state index contributed by atoms with van der Waals surface area (Å²) < 4.78 is 13.0. The molecule has 1 aromatic carbocycles. The summed E-state index contributed by atoms with van der Waals surface area (Å²) in [6.45, 7) is 0. The van der Waals surface area contributed by atoms with Gasteiger partial charge in [0.25, 0.3) is 5.91 Å². The minimum atomic E-state index is -0.312. The highest BCUT2D eigenvalue weighted by molar-refractivity contribution is 5.99. The molecule has 0 atom stereocenters. The summed E-state index contributed by atoms with van der Waals surface area (Å²) in [7, 11) is 0. The number of aromatic amines is 1. The normalized spacial score (nSPS) is 21.5. The Bertz CT molecular complexity index is 644. The first-order valence-corrected chi connectivity index (χ1v) is 7.49. The van der Waals surface area contributed by atoms with E-state index in [1.165, 1.54) is 18.3 Å². The molecule has 0 unspecified atom stereocenters. The van der Waals surface area contributed by atoms with Crippen molar-refractivity contribution in [2.24, 2.45) is 5.73 Å². The number of rotatable bonds is 3. The molecule has 1 aliphatic carbocycles. The van der Waals surface area contributed by atoms with Gasteiger partial charge in [-0.25, -0.2) is 4.39 Å². The molecule has 1 heterocycles. The van der Waals surface area contributed by atoms with Crippen molar-refractivity contribution in [2.45, 2.75) is 37.8 Å². The van der Waals surface area contributed by atoms with Gasteiger partial charge in [0.2, 0.25) is 0 Å². The molecule has 22 heavy (non-hydrogen) atoms. The van der Waals surface area contributed by atoms with Crippen LogP contribution < -0.4 is 11.1 Å². The number of hydrogen-bond donors (Lipinski definition) is 3. The number of nitrogens with zero attached hydrogens (tertiary/aromatic N) is 1. The predicted octanol–water partition coefficient (Wildman–Crippen LogP) is 2.22. The maximum Gasteiger partial charge on any atom is 0.255 e. The van der Waals surface area contributed by atoms with Gasteiger partial charge in [-0.15, -0.1) is 0 Å². The Hall–Kier alpha value is -2.21. The number of benzene rings is 1. The lowest BCUT2D eigenvalue weighted by atomic mass is 9.91. The molecule has 1 amide bonds. The van der Waals surface area contributed by atoms with E-state index in [2.05, 4.69) is 15.5 Å². The molecule has 5 nitrogen and oxygen atoms in total. The van der Waals surface area contributed by atoms with Crippen LogP contribution in [0, 0.1) is 5.82 Å². The van der Waals surface area contributed by atoms with Crippen LogP contribution in [0.25, 0.3) is 11.3 Å². The monoisotopic (exact) mass is 302 g/mol. The van der Waals surface area contributed by atoms with Crippen molar-refractivity contribution in [3.8, 4) is 11.3 Å². The zero-order valence-electron chi connectivity index (χ0n) is 12.2. The number of hydrogen-bond acceptors (Lipinski definition) is 3. The Morgan fingerprint density at radius 2 is 1.91 bits per heavy atom. The molecule has 1 aromatic heterocycles. The third-order valence-corrected chi connectivity index (χ3v) is 4.12. The second kappa shape index (κ2) is 6.27. The summed E-state index contributed by atoms with van der Waals surface area (Å²) in [6, 6.07) is 6.37. The number of amides is 1. The largest absolute Gasteiger partial charge is 0.349 e. The van der Waals surface area contributed by atoms with Gasteiger partial charge in [-0.05, 0) is 49.9 Å². The third kappa shape index (κ3) is 3.17. The minimum absolute atomic E-state index is 0.156. The SMILES string of the molecule is NC1CCC(NC(=O)c2cn[nH]c2-c2ccc(F)cc2)CC1. The fourth-order valence-electron chi connectivity index (χ4n) is 2.82. The average molecular weight is 302 g/mol. The zero-order valence-corrected chi connectivity index (χ0v) is 12.2. The second-order valence-corrected chi connectivity index (χ2v) is 5.75. The van der Waals surface area contributed by atoms with Crippen molar-refractivity contribution in [3.63, 3.8) is 0 Å². The molecule has 0 saturated heterocycles. The number of H-pyrrole nitrogens is 1. The lowest BCUT2D eigenvalue weighted by molar-refractivity contribution is 0.0926. The van der Waals surface area contributed by atoms with Crippen LogP contribution in [0.4, 0.5) is 4.39 Å². The van der Waals surface area contributed by atoms with E-state index in [0.29, 0.717) is 11.3 Å². The summed E-state index contributed by atoms with van der Waals surface area (Å²) in [5.41, 5.74) is 7.68. The van der Waals surface area contributed by atoms with Gasteiger partial charge in [0.1, 0.15) is 5.82 Å². The van der Waals surface area contributed by atoms with Crippen molar-refractivity contribution in [3.05, 3.63) is 41.8 Å². The molecule has 1 aliphatic rings. The molecule has 1 fully saturated rings. The molecule has 2 aromatic rings. The van der Waals surface area contributed by atoms with Crippen molar-refractivity contribution in [1.29, 1.82) is 0 Å². The fraction of sp³-hybridized carbons (Fsp3) is 0.375. The molecule has 0 aliphatic heterocycles. The van der Waals surface area contributed by atoms with E-state index in [4.69, 9.17) is 5.73 Å². The van der Waals surface area contributed by atoms with Crippen molar-refractivity contribution >= 4 is 5.91 Å². The van der Waals surface area contributed by atoms with Crippen LogP contribution in [-0.2, 0) is 0 Å². The second-order valence-electron chi connectivity index (χ2n) is 5.75. The minimum Gasteiger partial charge on any atom is -0.349 e. The average Bonchev–Trinajstić information content (AvgIpc) is 3.00. The van der Waals surface area contributed by atoms with Gasteiger partial charge >= 0.3 is 0 Å². The first kappa shape index (κ1) is 14.7. The van der Waals surface area contributed by atoms with E-state index in [9.17, 15) is 9.18 Å². The molecule has 116 valence electrons. The van der Waals surface area contributed by atoms with Crippen LogP contribution in [0.2, 0.25) is 0 Å². The standard InChI is InChI=1S/C16H19FN4O/c17-11-3-1-10(2-4-11)15-14(9-19-21-15)16(22)20-13-7-5-12(18)6-8-13/h1-4,9,12-13H,5-8,18H2,(H,19,21)(H,20,22). The van der Waals surface area contributed by atoms with Gasteiger partial charge in [-0.1, -0.05) is 0 Å². The molecule has 0 spiro atoms. The van der Waals surface area contributed by atoms with Gasteiger partial charge in [0.15, 0.2) is 0 Å². The number of carbonyl (C=O) groups excluding carboxylic acids is 1. The summed E-state index contributed by atoms with van der Waals surface area (Å²) in [4.78, 5) is 12.4. The summed E-state index contributed by atoms with van der Waals surface area (Å²) in [5.74, 6) is -0.471. The molecular weight excluding hydrogens is 283 g/mol. The van der Waals surface area contributed by atoms with Crippen LogP contribution in [0.15, 0.2) is 30.5 Å². The Morgan fingerprint density at radius 3 is 2.59 bits per heavy atom. The quantitative estimate of drug-likeness (QED) is 0.813. The van der Waals surface area contributed by atoms with Crippen molar-refractivity contribution in [2.75, 3.05) is 0 Å². The Labute approximate surface area is 128 Å². The van der Waals surface area contributed by atoms with E-state index in [1.807, 2.05) is 0 Å². The van der Waals surface area contributed by atoms with Crippen LogP contribution in [0.3, 0.4) is 0 Å². The maximum atomic E-state index is 13.0. The van der Waals surface area contributed by atoms with Gasteiger partial charge < -0.3 is 11.1 Å². The Morgan fingerprint density at radius 1 is 1.23 bits per heavy atom. The predicted molar refractivity (Wildman–Crippen MR) is 81.7 cm³/mol. The van der Waals surface area contributed by atoms with Crippen LogP contribution in [-0.4, -0.2) is 28.2 Å². The molecule has 3 rings (SSSR count). The molecule has 4 N–H and O–H groups in total. The molecule has 0 radical (unpaired) electrons. The summed E-state index contributed by atoms with van der Waals surface area (Å²) in [5, 5.41) is 9.80. The first-order valence-electron chi connectivity index (χ1n) is 7.49. The zero-order chi connectivity index (χ0) is 15.5. The van der Waals surface area contributed by atoms with Crippen LogP contribution in [0.1, 0.15) is 36.0 Å². The van der Waals surface area contributed by atoms with E-state index in [-0.39, 0.29) is 23.8 Å². The molecule has 1 saturated carbocycles.